The molecule has 0 saturated carbocycles. The minimum absolute atomic E-state index is 0.256. The van der Waals surface area contributed by atoms with Gasteiger partial charge in [-0.25, -0.2) is 0 Å². The number of carbonyl (C=O) groups excluding carboxylic acids is 1. The number of hydrogen-bond donors (Lipinski definition) is 1. The van der Waals surface area contributed by atoms with E-state index in [0.717, 1.165) is 0 Å². The topological polar surface area (TPSA) is 52.3 Å². The van der Waals surface area contributed by atoms with Gasteiger partial charge in [-0.05, 0) is 32.4 Å². The summed E-state index contributed by atoms with van der Waals surface area (Å²) in [5.41, 5.74) is 5.09. The SMILES string of the molecule is CCOC(=O)C(C)(N)CC(C)Sc1ccccc1. The molecule has 0 fully saturated rings. The van der Waals surface area contributed by atoms with E-state index in [1.807, 2.05) is 18.2 Å². The Bertz CT molecular complexity index is 379. The van der Waals surface area contributed by atoms with E-state index in [4.69, 9.17) is 10.5 Å². The van der Waals surface area contributed by atoms with E-state index < -0.39 is 5.54 Å². The lowest BCUT2D eigenvalue weighted by Crippen LogP contribution is -2.47. The molecule has 0 aromatic heterocycles. The number of thioether (sulfide) groups is 1. The zero-order valence-electron chi connectivity index (χ0n) is 11.2. The first kappa shape index (κ1) is 15.1. The molecule has 1 rings (SSSR count). The molecule has 18 heavy (non-hydrogen) atoms. The van der Waals surface area contributed by atoms with Gasteiger partial charge in [-0.3, -0.25) is 4.79 Å². The van der Waals surface area contributed by atoms with Crippen LogP contribution in [0, 0.1) is 0 Å². The Morgan fingerprint density at radius 3 is 2.61 bits per heavy atom. The minimum atomic E-state index is -0.919. The van der Waals surface area contributed by atoms with Gasteiger partial charge in [0.15, 0.2) is 0 Å². The van der Waals surface area contributed by atoms with Gasteiger partial charge in [0, 0.05) is 10.1 Å². The summed E-state index contributed by atoms with van der Waals surface area (Å²) in [4.78, 5) is 12.9. The van der Waals surface area contributed by atoms with Gasteiger partial charge in [0.05, 0.1) is 6.61 Å². The lowest BCUT2D eigenvalue weighted by molar-refractivity contribution is -0.149. The lowest BCUT2D eigenvalue weighted by Gasteiger charge is -2.25. The summed E-state index contributed by atoms with van der Waals surface area (Å²) in [6.07, 6.45) is 0.589. The molecule has 0 aliphatic carbocycles. The second-order valence-electron chi connectivity index (χ2n) is 4.58. The van der Waals surface area contributed by atoms with Gasteiger partial charge in [-0.2, -0.15) is 0 Å². The van der Waals surface area contributed by atoms with Crippen LogP contribution >= 0.6 is 11.8 Å². The Kier molecular flexibility index (Phi) is 5.69. The van der Waals surface area contributed by atoms with Crippen LogP contribution in [0.5, 0.6) is 0 Å². The van der Waals surface area contributed by atoms with Crippen molar-refractivity contribution in [3.63, 3.8) is 0 Å². The van der Waals surface area contributed by atoms with Crippen LogP contribution in [0.25, 0.3) is 0 Å². The molecule has 1 aromatic rings. The molecule has 2 unspecified atom stereocenters. The van der Waals surface area contributed by atoms with Gasteiger partial charge in [-0.1, -0.05) is 25.1 Å². The number of nitrogens with two attached hydrogens (primary N) is 1. The number of carbonyl (C=O) groups is 1. The van der Waals surface area contributed by atoms with Crippen LogP contribution in [0.2, 0.25) is 0 Å². The number of benzene rings is 1. The maximum absolute atomic E-state index is 11.7. The summed E-state index contributed by atoms with van der Waals surface area (Å²) in [6, 6.07) is 10.1. The van der Waals surface area contributed by atoms with E-state index in [2.05, 4.69) is 19.1 Å². The van der Waals surface area contributed by atoms with E-state index in [0.29, 0.717) is 13.0 Å². The highest BCUT2D eigenvalue weighted by Gasteiger charge is 2.31. The van der Waals surface area contributed by atoms with Crippen LogP contribution in [-0.4, -0.2) is 23.4 Å². The zero-order chi connectivity index (χ0) is 13.6. The molecular weight excluding hydrogens is 246 g/mol. The van der Waals surface area contributed by atoms with Gasteiger partial charge >= 0.3 is 5.97 Å². The van der Waals surface area contributed by atoms with Gasteiger partial charge in [-0.15, -0.1) is 11.8 Å². The van der Waals surface area contributed by atoms with Crippen molar-refractivity contribution in [2.75, 3.05) is 6.61 Å². The van der Waals surface area contributed by atoms with E-state index in [1.165, 1.54) is 4.90 Å². The van der Waals surface area contributed by atoms with E-state index in [-0.39, 0.29) is 11.2 Å². The highest BCUT2D eigenvalue weighted by Crippen LogP contribution is 2.28. The van der Waals surface area contributed by atoms with Crippen LogP contribution in [0.4, 0.5) is 0 Å². The summed E-state index contributed by atoms with van der Waals surface area (Å²) in [5, 5.41) is 0.256. The molecule has 0 amide bonds. The molecule has 0 heterocycles. The Morgan fingerprint density at radius 1 is 1.44 bits per heavy atom. The maximum Gasteiger partial charge on any atom is 0.325 e. The van der Waals surface area contributed by atoms with Crippen molar-refractivity contribution >= 4 is 17.7 Å². The van der Waals surface area contributed by atoms with Gasteiger partial charge < -0.3 is 10.5 Å². The first-order valence-electron chi connectivity index (χ1n) is 6.13. The first-order valence-corrected chi connectivity index (χ1v) is 7.01. The highest BCUT2D eigenvalue weighted by molar-refractivity contribution is 7.99. The number of esters is 1. The van der Waals surface area contributed by atoms with Crippen molar-refractivity contribution in [3.05, 3.63) is 30.3 Å². The largest absolute Gasteiger partial charge is 0.465 e. The maximum atomic E-state index is 11.7. The monoisotopic (exact) mass is 267 g/mol. The first-order chi connectivity index (χ1) is 8.45. The predicted molar refractivity (Wildman–Crippen MR) is 75.6 cm³/mol. The average molecular weight is 267 g/mol. The van der Waals surface area contributed by atoms with Gasteiger partial charge in [0.1, 0.15) is 5.54 Å². The standard InChI is InChI=1S/C14H21NO2S/c1-4-17-13(16)14(3,15)10-11(2)18-12-8-6-5-7-9-12/h5-9,11H,4,10,15H2,1-3H3. The van der Waals surface area contributed by atoms with E-state index in [1.54, 1.807) is 25.6 Å². The van der Waals surface area contributed by atoms with Gasteiger partial charge in [0.2, 0.25) is 0 Å². The molecule has 1 aromatic carbocycles. The van der Waals surface area contributed by atoms with Crippen molar-refractivity contribution < 1.29 is 9.53 Å². The summed E-state index contributed by atoms with van der Waals surface area (Å²) in [6.45, 7) is 5.96. The molecule has 3 nitrogen and oxygen atoms in total. The smallest absolute Gasteiger partial charge is 0.325 e. The van der Waals surface area contributed by atoms with Crippen molar-refractivity contribution in [2.45, 2.75) is 42.9 Å². The number of ether oxygens (including phenoxy) is 1. The third-order valence-corrected chi connectivity index (χ3v) is 3.65. The van der Waals surface area contributed by atoms with Crippen molar-refractivity contribution in [1.29, 1.82) is 0 Å². The number of rotatable bonds is 6. The quantitative estimate of drug-likeness (QED) is 0.636. The van der Waals surface area contributed by atoms with Crippen LogP contribution in [0.1, 0.15) is 27.2 Å². The molecule has 0 radical (unpaired) electrons. The Labute approximate surface area is 113 Å². The fraction of sp³-hybridized carbons (Fsp3) is 0.500. The molecular formula is C14H21NO2S. The number of hydrogen-bond acceptors (Lipinski definition) is 4. The predicted octanol–water partition coefficient (Wildman–Crippen LogP) is 2.84. The van der Waals surface area contributed by atoms with Crippen LogP contribution < -0.4 is 5.73 Å². The summed E-state index contributed by atoms with van der Waals surface area (Å²) in [5.74, 6) is -0.328. The summed E-state index contributed by atoms with van der Waals surface area (Å²) >= 11 is 1.72. The second-order valence-corrected chi connectivity index (χ2v) is 6.10. The fourth-order valence-corrected chi connectivity index (χ4v) is 2.96. The molecule has 4 heteroatoms. The zero-order valence-corrected chi connectivity index (χ0v) is 12.0. The Hall–Kier alpha value is -1.00. The molecule has 0 spiro atoms. The molecule has 0 aliphatic rings. The van der Waals surface area contributed by atoms with Crippen LogP contribution in [0.15, 0.2) is 35.2 Å². The normalized spacial score (nSPS) is 15.8. The summed E-state index contributed by atoms with van der Waals surface area (Å²) in [7, 11) is 0. The molecule has 0 aliphatic heterocycles. The van der Waals surface area contributed by atoms with Crippen LogP contribution in [0.3, 0.4) is 0 Å². The van der Waals surface area contributed by atoms with Crippen molar-refractivity contribution in [2.24, 2.45) is 5.73 Å². The third-order valence-electron chi connectivity index (χ3n) is 2.53. The minimum Gasteiger partial charge on any atom is -0.465 e. The second kappa shape index (κ2) is 6.81. The molecule has 0 saturated heterocycles. The third kappa shape index (κ3) is 4.70. The molecule has 2 atom stereocenters. The Balaban J connectivity index is 2.53. The summed E-state index contributed by atoms with van der Waals surface area (Å²) < 4.78 is 4.98. The highest BCUT2D eigenvalue weighted by atomic mass is 32.2. The van der Waals surface area contributed by atoms with Crippen molar-refractivity contribution in [3.8, 4) is 0 Å². The van der Waals surface area contributed by atoms with Crippen LogP contribution in [-0.2, 0) is 9.53 Å². The lowest BCUT2D eigenvalue weighted by atomic mass is 9.98. The van der Waals surface area contributed by atoms with Gasteiger partial charge in [0.25, 0.3) is 0 Å². The van der Waals surface area contributed by atoms with E-state index >= 15 is 0 Å². The fourth-order valence-electron chi connectivity index (χ4n) is 1.75. The Morgan fingerprint density at radius 2 is 2.06 bits per heavy atom. The molecule has 100 valence electrons. The van der Waals surface area contributed by atoms with Crippen molar-refractivity contribution in [1.82, 2.24) is 0 Å². The molecule has 2 N–H and O–H groups in total. The van der Waals surface area contributed by atoms with E-state index in [9.17, 15) is 4.79 Å². The molecule has 0 bridgehead atoms. The average Bonchev–Trinajstić information content (AvgIpc) is 2.29.